The largest absolute Gasteiger partial charge is 0.388 e. The second kappa shape index (κ2) is 29.6. The van der Waals surface area contributed by atoms with Crippen molar-refractivity contribution in [3.05, 3.63) is 37.1 Å². The third-order valence-electron chi connectivity index (χ3n) is 1.21. The van der Waals surface area contributed by atoms with Gasteiger partial charge in [-0.15, -0.1) is 13.2 Å². The zero-order valence-corrected chi connectivity index (χ0v) is 11.2. The van der Waals surface area contributed by atoms with E-state index in [1.165, 1.54) is 5.57 Å². The van der Waals surface area contributed by atoms with Gasteiger partial charge in [-0.2, -0.15) is 0 Å². The first-order chi connectivity index (χ1) is 6.72. The Balaban J connectivity index is -0.0000000708. The van der Waals surface area contributed by atoms with E-state index < -0.39 is 0 Å². The maximum absolute atomic E-state index is 3.76. The van der Waals surface area contributed by atoms with E-state index in [2.05, 4.69) is 25.1 Å². The minimum Gasteiger partial charge on any atom is -0.388 e. The van der Waals surface area contributed by atoms with Crippen LogP contribution in [-0.2, 0) is 0 Å². The Morgan fingerprint density at radius 2 is 1.36 bits per heavy atom. The zero-order chi connectivity index (χ0) is 12.6. The van der Waals surface area contributed by atoms with E-state index in [0.717, 1.165) is 5.70 Å². The summed E-state index contributed by atoms with van der Waals surface area (Å²) in [5.41, 5.74) is 2.19. The van der Waals surface area contributed by atoms with Crippen molar-refractivity contribution in [1.82, 2.24) is 5.32 Å². The van der Waals surface area contributed by atoms with Gasteiger partial charge in [0.05, 0.1) is 0 Å². The van der Waals surface area contributed by atoms with Gasteiger partial charge in [0.2, 0.25) is 0 Å². The Bertz CT molecular complexity index is 123. The summed E-state index contributed by atoms with van der Waals surface area (Å²) < 4.78 is 0. The highest BCUT2D eigenvalue weighted by atomic mass is 14.8. The number of nitrogens with one attached hydrogen (secondary N) is 1. The molecule has 0 aliphatic heterocycles. The number of allylic oxidation sites excluding steroid dienone is 2. The highest BCUT2D eigenvalue weighted by Crippen LogP contribution is 1.99. The molecule has 1 heteroatoms. The first kappa shape index (κ1) is 23.1. The van der Waals surface area contributed by atoms with Crippen molar-refractivity contribution in [2.24, 2.45) is 0 Å². The Kier molecular flexibility index (Phi) is 48.9. The fourth-order valence-corrected chi connectivity index (χ4v) is 0.371. The summed E-state index contributed by atoms with van der Waals surface area (Å²) in [6, 6.07) is 0. The van der Waals surface area contributed by atoms with E-state index in [-0.39, 0.29) is 0 Å². The van der Waals surface area contributed by atoms with Gasteiger partial charge in [0.15, 0.2) is 0 Å². The molecule has 0 saturated carbocycles. The molecule has 1 nitrogen and oxygen atoms in total. The molecular weight excluding hydrogens is 170 g/mol. The van der Waals surface area contributed by atoms with Crippen LogP contribution in [0, 0.1) is 0 Å². The Morgan fingerprint density at radius 3 is 1.43 bits per heavy atom. The molecule has 0 atom stereocenters. The normalized spacial score (nSPS) is 7.50. The molecule has 0 saturated heterocycles. The van der Waals surface area contributed by atoms with E-state index in [4.69, 9.17) is 0 Å². The van der Waals surface area contributed by atoms with Gasteiger partial charge in [0.1, 0.15) is 0 Å². The summed E-state index contributed by atoms with van der Waals surface area (Å²) in [6.45, 7) is 21.8. The molecule has 0 rings (SSSR count). The third kappa shape index (κ3) is 22.5. The number of rotatable bonds is 2. The summed E-state index contributed by atoms with van der Waals surface area (Å²) in [6.07, 6.45) is 2.03. The van der Waals surface area contributed by atoms with Crippen LogP contribution in [0.4, 0.5) is 0 Å². The molecule has 0 aromatic heterocycles. The SMILES string of the molecule is C=C.C=C(NC)/C(C)=C\C.CC.CC. The van der Waals surface area contributed by atoms with Crippen LogP contribution < -0.4 is 5.32 Å². The lowest BCUT2D eigenvalue weighted by Gasteiger charge is -2.01. The van der Waals surface area contributed by atoms with Crippen molar-refractivity contribution in [2.75, 3.05) is 7.05 Å². The van der Waals surface area contributed by atoms with Crippen molar-refractivity contribution >= 4 is 0 Å². The average molecular weight is 199 g/mol. The lowest BCUT2D eigenvalue weighted by atomic mass is 10.2. The summed E-state index contributed by atoms with van der Waals surface area (Å²) >= 11 is 0. The molecule has 1 N–H and O–H groups in total. The zero-order valence-electron chi connectivity index (χ0n) is 11.2. The molecule has 0 fully saturated rings. The summed E-state index contributed by atoms with van der Waals surface area (Å²) in [7, 11) is 1.87. The van der Waals surface area contributed by atoms with Crippen molar-refractivity contribution in [2.45, 2.75) is 41.5 Å². The molecule has 0 aromatic rings. The number of hydrogen-bond acceptors (Lipinski definition) is 1. The molecule has 0 unspecified atom stereocenters. The van der Waals surface area contributed by atoms with Gasteiger partial charge in [-0.3, -0.25) is 0 Å². The van der Waals surface area contributed by atoms with Gasteiger partial charge in [0, 0.05) is 12.7 Å². The lowest BCUT2D eigenvalue weighted by Crippen LogP contribution is -2.04. The Hall–Kier alpha value is -0.980. The second-order valence-electron chi connectivity index (χ2n) is 1.70. The van der Waals surface area contributed by atoms with E-state index in [0.29, 0.717) is 0 Å². The van der Waals surface area contributed by atoms with E-state index in [1.807, 2.05) is 54.7 Å². The summed E-state index contributed by atoms with van der Waals surface area (Å²) in [5.74, 6) is 0. The van der Waals surface area contributed by atoms with E-state index >= 15 is 0 Å². The quantitative estimate of drug-likeness (QED) is 0.508. The highest BCUT2D eigenvalue weighted by Gasteiger charge is 1.86. The summed E-state index contributed by atoms with van der Waals surface area (Å²) in [4.78, 5) is 0. The van der Waals surface area contributed by atoms with Crippen molar-refractivity contribution < 1.29 is 0 Å². The molecule has 0 radical (unpaired) electrons. The van der Waals surface area contributed by atoms with Crippen LogP contribution in [0.2, 0.25) is 0 Å². The Labute approximate surface area is 91.6 Å². The van der Waals surface area contributed by atoms with Crippen LogP contribution in [0.25, 0.3) is 0 Å². The fourth-order valence-electron chi connectivity index (χ4n) is 0.371. The van der Waals surface area contributed by atoms with Crippen LogP contribution in [0.15, 0.2) is 37.1 Å². The van der Waals surface area contributed by atoms with Crippen LogP contribution in [0.3, 0.4) is 0 Å². The van der Waals surface area contributed by atoms with Gasteiger partial charge in [0.25, 0.3) is 0 Å². The molecule has 0 spiro atoms. The minimum atomic E-state index is 0.993. The maximum atomic E-state index is 3.76. The highest BCUT2D eigenvalue weighted by molar-refractivity contribution is 5.22. The molecule has 0 aliphatic carbocycles. The van der Waals surface area contributed by atoms with Gasteiger partial charge < -0.3 is 5.32 Å². The molecule has 0 aliphatic rings. The third-order valence-corrected chi connectivity index (χ3v) is 1.21. The van der Waals surface area contributed by atoms with Gasteiger partial charge >= 0.3 is 0 Å². The number of hydrogen-bond donors (Lipinski definition) is 1. The van der Waals surface area contributed by atoms with Crippen molar-refractivity contribution in [3.63, 3.8) is 0 Å². The van der Waals surface area contributed by atoms with Crippen LogP contribution >= 0.6 is 0 Å². The maximum Gasteiger partial charge on any atom is 0.0290 e. The minimum absolute atomic E-state index is 0.993. The second-order valence-corrected chi connectivity index (χ2v) is 1.70. The van der Waals surface area contributed by atoms with E-state index in [1.54, 1.807) is 0 Å². The fraction of sp³-hybridized carbons (Fsp3) is 0.538. The van der Waals surface area contributed by atoms with Crippen LogP contribution in [-0.4, -0.2) is 7.05 Å². The first-order valence-corrected chi connectivity index (χ1v) is 5.22. The molecule has 0 amide bonds. The molecule has 0 heterocycles. The number of likely N-dealkylation sites (N-methyl/N-ethyl adjacent to an activating group) is 1. The van der Waals surface area contributed by atoms with Crippen LogP contribution in [0.5, 0.6) is 0 Å². The van der Waals surface area contributed by atoms with Crippen molar-refractivity contribution in [3.8, 4) is 0 Å². The molecule has 0 aromatic carbocycles. The summed E-state index contributed by atoms with van der Waals surface area (Å²) in [5, 5.41) is 2.95. The topological polar surface area (TPSA) is 12.0 Å². The predicted molar refractivity (Wildman–Crippen MR) is 71.6 cm³/mol. The van der Waals surface area contributed by atoms with E-state index in [9.17, 15) is 0 Å². The smallest absolute Gasteiger partial charge is 0.0290 e. The molecule has 86 valence electrons. The lowest BCUT2D eigenvalue weighted by molar-refractivity contribution is 1.00. The predicted octanol–water partition coefficient (Wildman–Crippen LogP) is 4.54. The molecule has 14 heavy (non-hydrogen) atoms. The average Bonchev–Trinajstić information content (AvgIpc) is 2.34. The van der Waals surface area contributed by atoms with Gasteiger partial charge in [-0.05, 0) is 19.4 Å². The van der Waals surface area contributed by atoms with Crippen LogP contribution in [0.1, 0.15) is 41.5 Å². The molecule has 0 bridgehead atoms. The first-order valence-electron chi connectivity index (χ1n) is 5.22. The Morgan fingerprint density at radius 1 is 1.07 bits per heavy atom. The standard InChI is InChI=1S/C7H13N.2C2H6.C2H4/c1-5-6(2)7(3)8-4;3*1-2/h5,8H,3H2,1-2,4H3;2*1-2H3;1-2H2/b6-5-;;;. The monoisotopic (exact) mass is 199 g/mol. The molecular formula is C13H29N. The van der Waals surface area contributed by atoms with Gasteiger partial charge in [-0.25, -0.2) is 0 Å². The van der Waals surface area contributed by atoms with Gasteiger partial charge in [-0.1, -0.05) is 40.3 Å². The van der Waals surface area contributed by atoms with Crippen molar-refractivity contribution in [1.29, 1.82) is 0 Å².